The van der Waals surface area contributed by atoms with E-state index in [2.05, 4.69) is 23.2 Å². The van der Waals surface area contributed by atoms with Crippen molar-refractivity contribution in [3.05, 3.63) is 121 Å². The first-order valence-corrected chi connectivity index (χ1v) is 15.9. The third-order valence-corrected chi connectivity index (χ3v) is 12.4. The second kappa shape index (κ2) is 9.09. The molecular formula is C33H26O2P2. The third-order valence-electron chi connectivity index (χ3n) is 7.47. The van der Waals surface area contributed by atoms with Crippen molar-refractivity contribution in [3.8, 4) is 23.2 Å². The lowest BCUT2D eigenvalue weighted by atomic mass is 9.36. The van der Waals surface area contributed by atoms with Crippen LogP contribution in [0.4, 0.5) is 0 Å². The van der Waals surface area contributed by atoms with Gasteiger partial charge >= 0.3 is 0 Å². The van der Waals surface area contributed by atoms with Crippen LogP contribution in [0.5, 0.6) is 0 Å². The average molecular weight is 517 g/mol. The van der Waals surface area contributed by atoms with Crippen LogP contribution in [0.15, 0.2) is 121 Å². The van der Waals surface area contributed by atoms with Gasteiger partial charge in [0.2, 0.25) is 14.3 Å². The molecule has 0 spiro atoms. The summed E-state index contributed by atoms with van der Waals surface area (Å²) in [6.07, 6.45) is 2.52. The molecule has 3 fully saturated rings. The lowest BCUT2D eigenvalue weighted by Gasteiger charge is -2.65. The van der Waals surface area contributed by atoms with E-state index in [1.165, 1.54) is 0 Å². The van der Waals surface area contributed by atoms with Crippen LogP contribution in [0.1, 0.15) is 19.3 Å². The Balaban J connectivity index is 1.28. The maximum Gasteiger partial charge on any atom is 0.210 e. The molecule has 2 nitrogen and oxygen atoms in total. The minimum Gasteiger partial charge on any atom is -0.300 e. The fourth-order valence-electron chi connectivity index (χ4n) is 5.56. The summed E-state index contributed by atoms with van der Waals surface area (Å²) in [4.78, 5) is 0. The Kier molecular flexibility index (Phi) is 5.85. The fourth-order valence-corrected chi connectivity index (χ4v) is 9.83. The van der Waals surface area contributed by atoms with Gasteiger partial charge in [-0.25, -0.2) is 0 Å². The maximum absolute atomic E-state index is 14.2. The van der Waals surface area contributed by atoms with E-state index < -0.39 is 14.3 Å². The SMILES string of the molecule is O=P(C#CC12CC(C#CP(=O)(c3ccccc3)c3ccccc3)(C1)C2)(c1ccccc1)c1ccccc1. The van der Waals surface area contributed by atoms with Gasteiger partial charge in [-0.1, -0.05) is 133 Å². The van der Waals surface area contributed by atoms with Crippen LogP contribution in [0.3, 0.4) is 0 Å². The van der Waals surface area contributed by atoms with Gasteiger partial charge in [-0.2, -0.15) is 0 Å². The van der Waals surface area contributed by atoms with Crippen molar-refractivity contribution >= 4 is 35.5 Å². The maximum atomic E-state index is 14.2. The predicted octanol–water partition coefficient (Wildman–Crippen LogP) is 6.11. The van der Waals surface area contributed by atoms with Crippen molar-refractivity contribution in [2.45, 2.75) is 19.3 Å². The second-order valence-electron chi connectivity index (χ2n) is 10.1. The average Bonchev–Trinajstić information content (AvgIpc) is 2.93. The van der Waals surface area contributed by atoms with Gasteiger partial charge in [-0.3, -0.25) is 9.13 Å². The first kappa shape index (κ1) is 23.8. The van der Waals surface area contributed by atoms with Gasteiger partial charge in [0.25, 0.3) is 0 Å². The highest BCUT2D eigenvalue weighted by Gasteiger charge is 2.67. The molecular weight excluding hydrogens is 490 g/mol. The Bertz CT molecular complexity index is 1420. The lowest BCUT2D eigenvalue weighted by Crippen LogP contribution is -2.60. The molecule has 0 atom stereocenters. The number of rotatable bonds is 4. The van der Waals surface area contributed by atoms with Crippen LogP contribution in [0.2, 0.25) is 0 Å². The van der Waals surface area contributed by atoms with Gasteiger partial charge in [-0.15, -0.1) is 0 Å². The van der Waals surface area contributed by atoms with Crippen LogP contribution < -0.4 is 21.2 Å². The summed E-state index contributed by atoms with van der Waals surface area (Å²) in [5.74, 6) is 6.87. The van der Waals surface area contributed by atoms with Gasteiger partial charge < -0.3 is 0 Å². The quantitative estimate of drug-likeness (QED) is 0.242. The molecule has 4 aromatic carbocycles. The monoisotopic (exact) mass is 516 g/mol. The molecule has 2 bridgehead atoms. The molecule has 0 amide bonds. The molecule has 0 N–H and O–H groups in total. The molecule has 37 heavy (non-hydrogen) atoms. The molecule has 0 aromatic heterocycles. The first-order valence-electron chi connectivity index (χ1n) is 12.5. The minimum atomic E-state index is -3.06. The summed E-state index contributed by atoms with van der Waals surface area (Å²) in [6, 6.07) is 38.3. The highest BCUT2D eigenvalue weighted by atomic mass is 31.2. The summed E-state index contributed by atoms with van der Waals surface area (Å²) >= 11 is 0. The Morgan fingerprint density at radius 1 is 0.432 bits per heavy atom. The molecule has 0 saturated heterocycles. The summed E-state index contributed by atoms with van der Waals surface area (Å²) in [6.45, 7) is 0. The smallest absolute Gasteiger partial charge is 0.210 e. The highest BCUT2D eigenvalue weighted by molar-refractivity contribution is 7.83. The molecule has 3 aliphatic carbocycles. The Hall–Kier alpha value is -3.54. The van der Waals surface area contributed by atoms with Gasteiger partial charge in [0, 0.05) is 32.0 Å². The molecule has 3 aliphatic rings. The van der Waals surface area contributed by atoms with Gasteiger partial charge in [0.15, 0.2) is 0 Å². The Morgan fingerprint density at radius 2 is 0.676 bits per heavy atom. The van der Waals surface area contributed by atoms with Crippen molar-refractivity contribution in [1.82, 2.24) is 0 Å². The van der Waals surface area contributed by atoms with Crippen LogP contribution >= 0.6 is 14.3 Å². The number of hydrogen-bond acceptors (Lipinski definition) is 2. The van der Waals surface area contributed by atoms with E-state index in [0.29, 0.717) is 0 Å². The molecule has 7 rings (SSSR count). The number of hydrogen-bond donors (Lipinski definition) is 0. The zero-order valence-corrected chi connectivity index (χ0v) is 22.2. The third kappa shape index (κ3) is 4.22. The minimum absolute atomic E-state index is 0.141. The van der Waals surface area contributed by atoms with Crippen LogP contribution in [0, 0.1) is 34.0 Å². The normalized spacial score (nSPS) is 21.7. The van der Waals surface area contributed by atoms with Crippen molar-refractivity contribution in [3.63, 3.8) is 0 Å². The van der Waals surface area contributed by atoms with Gasteiger partial charge in [0.1, 0.15) is 0 Å². The second-order valence-corrected chi connectivity index (χ2v) is 15.1. The van der Waals surface area contributed by atoms with Gasteiger partial charge in [0.05, 0.1) is 0 Å². The van der Waals surface area contributed by atoms with E-state index in [0.717, 1.165) is 40.5 Å². The highest BCUT2D eigenvalue weighted by Crippen LogP contribution is 2.73. The van der Waals surface area contributed by atoms with Crippen LogP contribution in [-0.4, -0.2) is 0 Å². The predicted molar refractivity (Wildman–Crippen MR) is 154 cm³/mol. The fraction of sp³-hybridized carbons (Fsp3) is 0.152. The molecule has 0 radical (unpaired) electrons. The molecule has 180 valence electrons. The van der Waals surface area contributed by atoms with E-state index in [4.69, 9.17) is 0 Å². The summed E-state index contributed by atoms with van der Waals surface area (Å²) in [7, 11) is -6.12. The Morgan fingerprint density at radius 3 is 0.919 bits per heavy atom. The number of benzene rings is 4. The van der Waals surface area contributed by atoms with E-state index in [1.54, 1.807) is 0 Å². The first-order chi connectivity index (χ1) is 18.0. The lowest BCUT2D eigenvalue weighted by molar-refractivity contribution is -0.113. The largest absolute Gasteiger partial charge is 0.300 e. The Labute approximate surface area is 218 Å². The van der Waals surface area contributed by atoms with Gasteiger partial charge in [-0.05, 0) is 30.6 Å². The topological polar surface area (TPSA) is 34.1 Å². The van der Waals surface area contributed by atoms with E-state index >= 15 is 0 Å². The van der Waals surface area contributed by atoms with Crippen molar-refractivity contribution in [2.75, 3.05) is 0 Å². The zero-order chi connectivity index (χ0) is 25.4. The molecule has 0 aliphatic heterocycles. The summed E-state index contributed by atoms with van der Waals surface area (Å²) < 4.78 is 28.5. The zero-order valence-electron chi connectivity index (χ0n) is 20.4. The van der Waals surface area contributed by atoms with Crippen LogP contribution in [-0.2, 0) is 9.13 Å². The van der Waals surface area contributed by atoms with Crippen LogP contribution in [0.25, 0.3) is 0 Å². The summed E-state index contributed by atoms with van der Waals surface area (Å²) in [5.41, 5.74) is 6.22. The van der Waals surface area contributed by atoms with Crippen molar-refractivity contribution < 1.29 is 9.13 Å². The van der Waals surface area contributed by atoms with E-state index in [-0.39, 0.29) is 10.8 Å². The standard InChI is InChI=1S/C33H26O2P2/c34-36(28-13-5-1-6-14-28,29-15-7-2-8-16-29)23-21-32-25-33(26-32,27-32)22-24-37(35,30-17-9-3-10-18-30)31-19-11-4-12-20-31/h1-20H,25-27H2. The molecule has 4 heteroatoms. The van der Waals surface area contributed by atoms with Crippen molar-refractivity contribution in [2.24, 2.45) is 10.8 Å². The van der Waals surface area contributed by atoms with Crippen molar-refractivity contribution in [1.29, 1.82) is 0 Å². The van der Waals surface area contributed by atoms with E-state index in [1.807, 2.05) is 121 Å². The molecule has 4 aromatic rings. The van der Waals surface area contributed by atoms with E-state index in [9.17, 15) is 9.13 Å². The summed E-state index contributed by atoms with van der Waals surface area (Å²) in [5, 5.41) is 3.06. The molecule has 3 saturated carbocycles. The molecule has 0 heterocycles. The molecule has 0 unspecified atom stereocenters.